The van der Waals surface area contributed by atoms with Gasteiger partial charge in [-0.15, -0.1) is 0 Å². The number of carbonyl (C=O) groups excluding carboxylic acids is 1. The highest BCUT2D eigenvalue weighted by atomic mass is 19.4. The zero-order valence-corrected chi connectivity index (χ0v) is 17.7. The second-order valence-electron chi connectivity index (χ2n) is 8.12. The minimum Gasteiger partial charge on any atom is -0.362 e. The number of rotatable bonds is 4. The number of alkyl halides is 3. The maximum Gasteiger partial charge on any atom is 0.416 e. The van der Waals surface area contributed by atoms with Crippen LogP contribution in [0.1, 0.15) is 18.4 Å². The fourth-order valence-electron chi connectivity index (χ4n) is 4.38. The zero-order valence-electron chi connectivity index (χ0n) is 17.7. The highest BCUT2D eigenvalue weighted by molar-refractivity contribution is 5.80. The molecule has 2 aliphatic heterocycles. The fraction of sp³-hybridized carbons (Fsp3) is 0.476. The van der Waals surface area contributed by atoms with Crippen LogP contribution in [0.3, 0.4) is 0 Å². The number of nitro benzene ring substituents is 1. The van der Waals surface area contributed by atoms with E-state index in [1.807, 2.05) is 4.90 Å². The lowest BCUT2D eigenvalue weighted by molar-refractivity contribution is -0.384. The first-order valence-corrected chi connectivity index (χ1v) is 10.6. The van der Waals surface area contributed by atoms with Gasteiger partial charge in [0.15, 0.2) is 0 Å². The Kier molecular flexibility index (Phi) is 6.34. The summed E-state index contributed by atoms with van der Waals surface area (Å²) in [6.07, 6.45) is 1.83. The largest absolute Gasteiger partial charge is 0.416 e. The zero-order chi connectivity index (χ0) is 23.6. The van der Waals surface area contributed by atoms with Crippen molar-refractivity contribution in [3.05, 3.63) is 52.5 Å². The molecule has 2 fully saturated rings. The molecule has 12 heteroatoms. The molecule has 2 saturated heterocycles. The third kappa shape index (κ3) is 4.99. The summed E-state index contributed by atoms with van der Waals surface area (Å²) in [5, 5.41) is 11.4. The second-order valence-corrected chi connectivity index (χ2v) is 8.12. The Morgan fingerprint density at radius 2 is 1.85 bits per heavy atom. The molecule has 0 bridgehead atoms. The van der Waals surface area contributed by atoms with Crippen molar-refractivity contribution >= 4 is 23.1 Å². The highest BCUT2D eigenvalue weighted by Gasteiger charge is 2.35. The van der Waals surface area contributed by atoms with Crippen LogP contribution >= 0.6 is 0 Å². The van der Waals surface area contributed by atoms with Gasteiger partial charge < -0.3 is 14.7 Å². The van der Waals surface area contributed by atoms with Crippen molar-refractivity contribution in [2.24, 2.45) is 5.92 Å². The Hall–Kier alpha value is -3.44. The third-order valence-corrected chi connectivity index (χ3v) is 6.08. The molecular formula is C21H23F3N6O3. The molecule has 4 rings (SSSR count). The average Bonchev–Trinajstić information content (AvgIpc) is 2.83. The lowest BCUT2D eigenvalue weighted by atomic mass is 9.96. The first kappa shape index (κ1) is 22.7. The van der Waals surface area contributed by atoms with E-state index in [0.29, 0.717) is 38.8 Å². The molecule has 3 heterocycles. The van der Waals surface area contributed by atoms with Crippen LogP contribution in [-0.2, 0) is 11.0 Å². The van der Waals surface area contributed by atoms with Gasteiger partial charge in [-0.3, -0.25) is 19.9 Å². The smallest absolute Gasteiger partial charge is 0.362 e. The van der Waals surface area contributed by atoms with Crippen LogP contribution in [0.15, 0.2) is 36.8 Å². The number of nitro groups is 1. The van der Waals surface area contributed by atoms with E-state index >= 15 is 0 Å². The van der Waals surface area contributed by atoms with Gasteiger partial charge in [0.25, 0.3) is 5.69 Å². The number of nitrogens with zero attached hydrogens (tertiary/aromatic N) is 6. The molecule has 176 valence electrons. The minimum atomic E-state index is -4.66. The van der Waals surface area contributed by atoms with Gasteiger partial charge in [0, 0.05) is 57.7 Å². The molecule has 0 aliphatic carbocycles. The average molecular weight is 464 g/mol. The Bertz CT molecular complexity index is 1010. The standard InChI is InChI=1S/C21H23F3N6O3/c22-21(23,24)16-3-4-17(18(12-16)30(32)33)27-8-10-28(11-9-27)20(31)15-2-1-7-29(14-15)19-13-25-5-6-26-19/h3-6,12-13,15H,1-2,7-11,14H2. The monoisotopic (exact) mass is 464 g/mol. The molecule has 9 nitrogen and oxygen atoms in total. The summed E-state index contributed by atoms with van der Waals surface area (Å²) in [4.78, 5) is 37.5. The van der Waals surface area contributed by atoms with Crippen LogP contribution in [0.5, 0.6) is 0 Å². The Morgan fingerprint density at radius 1 is 1.09 bits per heavy atom. The number of piperazine rings is 1. The lowest BCUT2D eigenvalue weighted by Crippen LogP contribution is -2.52. The van der Waals surface area contributed by atoms with Crippen LogP contribution < -0.4 is 9.80 Å². The Morgan fingerprint density at radius 3 is 2.48 bits per heavy atom. The van der Waals surface area contributed by atoms with Crippen molar-refractivity contribution < 1.29 is 22.9 Å². The molecule has 0 spiro atoms. The van der Waals surface area contributed by atoms with Crippen LogP contribution in [-0.4, -0.2) is 65.0 Å². The number of amides is 1. The maximum absolute atomic E-state index is 13.1. The summed E-state index contributed by atoms with van der Waals surface area (Å²) >= 11 is 0. The number of hydrogen-bond donors (Lipinski definition) is 0. The van der Waals surface area contributed by atoms with Gasteiger partial charge in [0.2, 0.25) is 5.91 Å². The van der Waals surface area contributed by atoms with Crippen LogP contribution in [0.25, 0.3) is 0 Å². The van der Waals surface area contributed by atoms with E-state index in [1.165, 1.54) is 0 Å². The molecule has 2 aliphatic rings. The molecule has 1 aromatic heterocycles. The van der Waals surface area contributed by atoms with Gasteiger partial charge >= 0.3 is 6.18 Å². The number of halogens is 3. The molecule has 0 saturated carbocycles. The normalized spacial score (nSPS) is 19.5. The van der Waals surface area contributed by atoms with E-state index in [-0.39, 0.29) is 17.5 Å². The number of hydrogen-bond acceptors (Lipinski definition) is 7. The van der Waals surface area contributed by atoms with Crippen molar-refractivity contribution in [1.82, 2.24) is 14.9 Å². The quantitative estimate of drug-likeness (QED) is 0.507. The molecule has 0 radical (unpaired) electrons. The number of aromatic nitrogens is 2. The summed E-state index contributed by atoms with van der Waals surface area (Å²) in [6, 6.07) is 2.55. The second kappa shape index (κ2) is 9.20. The van der Waals surface area contributed by atoms with E-state index in [9.17, 15) is 28.1 Å². The highest BCUT2D eigenvalue weighted by Crippen LogP contribution is 2.37. The Labute approximate surface area is 188 Å². The number of piperidine rings is 1. The van der Waals surface area contributed by atoms with E-state index in [2.05, 4.69) is 9.97 Å². The van der Waals surface area contributed by atoms with E-state index in [1.54, 1.807) is 28.4 Å². The molecule has 1 amide bonds. The first-order valence-electron chi connectivity index (χ1n) is 10.6. The molecular weight excluding hydrogens is 441 g/mol. The van der Waals surface area contributed by atoms with E-state index in [0.717, 1.165) is 37.3 Å². The Balaban J connectivity index is 1.41. The summed E-state index contributed by atoms with van der Waals surface area (Å²) in [5.41, 5.74) is -1.51. The number of benzene rings is 1. The summed E-state index contributed by atoms with van der Waals surface area (Å²) in [5.74, 6) is 0.562. The lowest BCUT2D eigenvalue weighted by Gasteiger charge is -2.39. The predicted molar refractivity (Wildman–Crippen MR) is 114 cm³/mol. The van der Waals surface area contributed by atoms with Gasteiger partial charge in [-0.25, -0.2) is 4.98 Å². The van der Waals surface area contributed by atoms with Gasteiger partial charge in [-0.1, -0.05) is 0 Å². The first-order chi connectivity index (χ1) is 15.7. The van der Waals surface area contributed by atoms with Gasteiger partial charge in [-0.2, -0.15) is 13.2 Å². The molecule has 33 heavy (non-hydrogen) atoms. The summed E-state index contributed by atoms with van der Waals surface area (Å²) < 4.78 is 38.9. The minimum absolute atomic E-state index is 0.0187. The predicted octanol–water partition coefficient (Wildman–Crippen LogP) is 2.97. The third-order valence-electron chi connectivity index (χ3n) is 6.08. The molecule has 2 aromatic rings. The summed E-state index contributed by atoms with van der Waals surface area (Å²) in [7, 11) is 0. The van der Waals surface area contributed by atoms with Crippen LogP contribution in [0, 0.1) is 16.0 Å². The topological polar surface area (TPSA) is 95.7 Å². The molecule has 1 unspecified atom stereocenters. The molecule has 0 N–H and O–H groups in total. The van der Waals surface area contributed by atoms with E-state index < -0.39 is 22.4 Å². The van der Waals surface area contributed by atoms with Crippen LogP contribution in [0.2, 0.25) is 0 Å². The van der Waals surface area contributed by atoms with Crippen molar-refractivity contribution in [3.63, 3.8) is 0 Å². The van der Waals surface area contributed by atoms with Gasteiger partial charge in [-0.05, 0) is 25.0 Å². The number of carbonyl (C=O) groups is 1. The van der Waals surface area contributed by atoms with Crippen molar-refractivity contribution in [1.29, 1.82) is 0 Å². The number of anilines is 2. The molecule has 1 atom stereocenters. The van der Waals surface area contributed by atoms with E-state index in [4.69, 9.17) is 0 Å². The SMILES string of the molecule is O=C(C1CCCN(c2cnccn2)C1)N1CCN(c2ccc(C(F)(F)F)cc2[N+](=O)[O-])CC1. The van der Waals surface area contributed by atoms with Crippen LogP contribution in [0.4, 0.5) is 30.4 Å². The van der Waals surface area contributed by atoms with Gasteiger partial charge in [0.05, 0.1) is 22.6 Å². The van der Waals surface area contributed by atoms with Crippen molar-refractivity contribution in [2.75, 3.05) is 49.1 Å². The van der Waals surface area contributed by atoms with Crippen molar-refractivity contribution in [2.45, 2.75) is 19.0 Å². The maximum atomic E-state index is 13.1. The summed E-state index contributed by atoms with van der Waals surface area (Å²) in [6.45, 7) is 2.64. The molecule has 1 aromatic carbocycles. The van der Waals surface area contributed by atoms with Gasteiger partial charge in [0.1, 0.15) is 11.5 Å². The fourth-order valence-corrected chi connectivity index (χ4v) is 4.38. The van der Waals surface area contributed by atoms with Crippen molar-refractivity contribution in [3.8, 4) is 0 Å².